The first-order valence-electron chi connectivity index (χ1n) is 7.91. The van der Waals surface area contributed by atoms with Gasteiger partial charge < -0.3 is 5.32 Å². The fourth-order valence-electron chi connectivity index (χ4n) is 3.77. The van der Waals surface area contributed by atoms with E-state index in [0.29, 0.717) is 11.6 Å². The number of nitrogens with zero attached hydrogens (tertiary/aromatic N) is 1. The maximum Gasteiger partial charge on any atom is 0.0451 e. The standard InChI is InChI=1S/C17H25ClN2/c1-14-8-11-19-17(9-4-5-10-17)13-20(14)12-15-6-2-3-7-16(15)18/h2-3,6-7,14,19H,4-5,8-13H2,1H3. The third-order valence-corrected chi connectivity index (χ3v) is 5.45. The topological polar surface area (TPSA) is 15.3 Å². The van der Waals surface area contributed by atoms with E-state index in [4.69, 9.17) is 11.6 Å². The van der Waals surface area contributed by atoms with Crippen LogP contribution in [0.4, 0.5) is 0 Å². The molecule has 1 heterocycles. The predicted octanol–water partition coefficient (Wildman–Crippen LogP) is 3.84. The van der Waals surface area contributed by atoms with Gasteiger partial charge in [-0.3, -0.25) is 4.90 Å². The zero-order valence-corrected chi connectivity index (χ0v) is 13.1. The third kappa shape index (κ3) is 3.03. The average molecular weight is 293 g/mol. The second kappa shape index (κ2) is 6.05. The van der Waals surface area contributed by atoms with Crippen molar-refractivity contribution in [3.63, 3.8) is 0 Å². The van der Waals surface area contributed by atoms with Crippen molar-refractivity contribution in [1.82, 2.24) is 10.2 Å². The number of benzene rings is 1. The van der Waals surface area contributed by atoms with Crippen LogP contribution in [-0.2, 0) is 6.54 Å². The lowest BCUT2D eigenvalue weighted by Crippen LogP contribution is -2.49. The summed E-state index contributed by atoms with van der Waals surface area (Å²) in [6, 6.07) is 8.89. The second-order valence-corrected chi connectivity index (χ2v) is 6.96. The van der Waals surface area contributed by atoms with Gasteiger partial charge >= 0.3 is 0 Å². The summed E-state index contributed by atoms with van der Waals surface area (Å²) in [5.41, 5.74) is 1.63. The van der Waals surface area contributed by atoms with E-state index in [0.717, 1.165) is 18.1 Å². The van der Waals surface area contributed by atoms with Gasteiger partial charge in [-0.15, -0.1) is 0 Å². The molecule has 1 saturated heterocycles. The Balaban J connectivity index is 1.77. The molecule has 3 rings (SSSR count). The fraction of sp³-hybridized carbons (Fsp3) is 0.647. The Morgan fingerprint density at radius 2 is 2.05 bits per heavy atom. The van der Waals surface area contributed by atoms with Crippen LogP contribution in [-0.4, -0.2) is 29.6 Å². The van der Waals surface area contributed by atoms with Gasteiger partial charge in [-0.2, -0.15) is 0 Å². The zero-order valence-electron chi connectivity index (χ0n) is 12.4. The van der Waals surface area contributed by atoms with Crippen LogP contribution in [0.1, 0.15) is 44.6 Å². The summed E-state index contributed by atoms with van der Waals surface area (Å²) >= 11 is 6.34. The molecule has 1 unspecified atom stereocenters. The lowest BCUT2D eigenvalue weighted by atomic mass is 9.96. The van der Waals surface area contributed by atoms with Crippen LogP contribution in [0.2, 0.25) is 5.02 Å². The number of nitrogens with one attached hydrogen (secondary N) is 1. The summed E-state index contributed by atoms with van der Waals surface area (Å²) in [5, 5.41) is 4.74. The molecule has 2 fully saturated rings. The van der Waals surface area contributed by atoms with Gasteiger partial charge in [0, 0.05) is 29.7 Å². The molecule has 0 bridgehead atoms. The summed E-state index contributed by atoms with van der Waals surface area (Å²) in [4.78, 5) is 2.63. The van der Waals surface area contributed by atoms with E-state index < -0.39 is 0 Å². The van der Waals surface area contributed by atoms with E-state index in [-0.39, 0.29) is 0 Å². The van der Waals surface area contributed by atoms with Gasteiger partial charge in [-0.05, 0) is 44.4 Å². The van der Waals surface area contributed by atoms with Gasteiger partial charge in [0.05, 0.1) is 0 Å². The molecule has 110 valence electrons. The first-order chi connectivity index (χ1) is 9.69. The third-order valence-electron chi connectivity index (χ3n) is 5.08. The number of halogens is 1. The van der Waals surface area contributed by atoms with Crippen LogP contribution in [0.15, 0.2) is 24.3 Å². The highest BCUT2D eigenvalue weighted by molar-refractivity contribution is 6.31. The van der Waals surface area contributed by atoms with Crippen molar-refractivity contribution in [1.29, 1.82) is 0 Å². The summed E-state index contributed by atoms with van der Waals surface area (Å²) in [6.07, 6.45) is 6.65. The average Bonchev–Trinajstić information content (AvgIpc) is 2.82. The predicted molar refractivity (Wildman–Crippen MR) is 85.1 cm³/mol. The number of hydrogen-bond acceptors (Lipinski definition) is 2. The maximum absolute atomic E-state index is 6.34. The molecule has 1 saturated carbocycles. The Morgan fingerprint density at radius 3 is 2.80 bits per heavy atom. The minimum absolute atomic E-state index is 0.367. The molecule has 1 aromatic carbocycles. The van der Waals surface area contributed by atoms with Crippen molar-refractivity contribution in [3.05, 3.63) is 34.9 Å². The largest absolute Gasteiger partial charge is 0.310 e. The lowest BCUT2D eigenvalue weighted by Gasteiger charge is -2.35. The summed E-state index contributed by atoms with van der Waals surface area (Å²) in [6.45, 7) is 5.65. The molecule has 2 nitrogen and oxygen atoms in total. The molecule has 1 aliphatic heterocycles. The second-order valence-electron chi connectivity index (χ2n) is 6.55. The first-order valence-corrected chi connectivity index (χ1v) is 8.29. The molecule has 0 aromatic heterocycles. The highest BCUT2D eigenvalue weighted by Gasteiger charge is 2.38. The normalized spacial score (nSPS) is 26.8. The van der Waals surface area contributed by atoms with E-state index in [1.54, 1.807) is 0 Å². The zero-order chi connectivity index (χ0) is 14.0. The van der Waals surface area contributed by atoms with Crippen LogP contribution < -0.4 is 5.32 Å². The lowest BCUT2D eigenvalue weighted by molar-refractivity contribution is 0.160. The minimum atomic E-state index is 0.367. The maximum atomic E-state index is 6.34. The molecule has 1 atom stereocenters. The van der Waals surface area contributed by atoms with Crippen LogP contribution in [0, 0.1) is 0 Å². The molecular formula is C17H25ClN2. The first kappa shape index (κ1) is 14.4. The van der Waals surface area contributed by atoms with Crippen molar-refractivity contribution >= 4 is 11.6 Å². The molecular weight excluding hydrogens is 268 g/mol. The molecule has 0 amide bonds. The molecule has 1 aliphatic carbocycles. The van der Waals surface area contributed by atoms with Crippen LogP contribution >= 0.6 is 11.6 Å². The van der Waals surface area contributed by atoms with E-state index in [1.807, 2.05) is 12.1 Å². The van der Waals surface area contributed by atoms with Crippen LogP contribution in [0.3, 0.4) is 0 Å². The van der Waals surface area contributed by atoms with Gasteiger partial charge in [0.2, 0.25) is 0 Å². The molecule has 1 aromatic rings. The Kier molecular flexibility index (Phi) is 4.34. The van der Waals surface area contributed by atoms with E-state index in [1.165, 1.54) is 44.2 Å². The Morgan fingerprint density at radius 1 is 1.30 bits per heavy atom. The summed E-state index contributed by atoms with van der Waals surface area (Å²) in [7, 11) is 0. The van der Waals surface area contributed by atoms with Crippen LogP contribution in [0.25, 0.3) is 0 Å². The Labute approximate surface area is 127 Å². The van der Waals surface area contributed by atoms with E-state index >= 15 is 0 Å². The molecule has 20 heavy (non-hydrogen) atoms. The van der Waals surface area contributed by atoms with Gasteiger partial charge in [0.25, 0.3) is 0 Å². The fourth-order valence-corrected chi connectivity index (χ4v) is 3.97. The Bertz CT molecular complexity index is 454. The molecule has 1 N–H and O–H groups in total. The Hall–Kier alpha value is -0.570. The molecule has 3 heteroatoms. The number of hydrogen-bond donors (Lipinski definition) is 1. The van der Waals surface area contributed by atoms with Crippen LogP contribution in [0.5, 0.6) is 0 Å². The highest BCUT2D eigenvalue weighted by Crippen LogP contribution is 2.33. The quantitative estimate of drug-likeness (QED) is 0.891. The molecule has 0 radical (unpaired) electrons. The smallest absolute Gasteiger partial charge is 0.0451 e. The van der Waals surface area contributed by atoms with Crippen molar-refractivity contribution in [2.45, 2.75) is 57.2 Å². The minimum Gasteiger partial charge on any atom is -0.310 e. The van der Waals surface area contributed by atoms with Crippen molar-refractivity contribution in [2.24, 2.45) is 0 Å². The van der Waals surface area contributed by atoms with Gasteiger partial charge in [0.15, 0.2) is 0 Å². The van der Waals surface area contributed by atoms with Gasteiger partial charge in [-0.25, -0.2) is 0 Å². The highest BCUT2D eigenvalue weighted by atomic mass is 35.5. The molecule has 1 spiro atoms. The van der Waals surface area contributed by atoms with E-state index in [2.05, 4.69) is 29.3 Å². The van der Waals surface area contributed by atoms with Crippen molar-refractivity contribution in [3.8, 4) is 0 Å². The van der Waals surface area contributed by atoms with Gasteiger partial charge in [-0.1, -0.05) is 42.6 Å². The van der Waals surface area contributed by atoms with Crippen molar-refractivity contribution in [2.75, 3.05) is 13.1 Å². The molecule has 2 aliphatic rings. The monoisotopic (exact) mass is 292 g/mol. The number of rotatable bonds is 2. The van der Waals surface area contributed by atoms with Gasteiger partial charge in [0.1, 0.15) is 0 Å². The summed E-state index contributed by atoms with van der Waals surface area (Å²) in [5.74, 6) is 0. The SMILES string of the molecule is CC1CCNC2(CCCC2)CN1Cc1ccccc1Cl. The summed E-state index contributed by atoms with van der Waals surface area (Å²) < 4.78 is 0. The van der Waals surface area contributed by atoms with E-state index in [9.17, 15) is 0 Å². The van der Waals surface area contributed by atoms with Crippen molar-refractivity contribution < 1.29 is 0 Å².